The Morgan fingerprint density at radius 3 is 2.00 bits per heavy atom. The summed E-state index contributed by atoms with van der Waals surface area (Å²) in [5, 5.41) is 9.42. The Morgan fingerprint density at radius 1 is 1.62 bits per heavy atom. The fourth-order valence-electron chi connectivity index (χ4n) is 0.118. The molecule has 0 unspecified atom stereocenters. The maximum Gasteiger partial charge on any atom is 0.0402 e. The molecule has 8 heavy (non-hydrogen) atoms. The second-order valence-corrected chi connectivity index (χ2v) is 2.18. The largest absolute Gasteiger partial charge is 0.397 e. The third kappa shape index (κ3) is 36.7. The van der Waals surface area contributed by atoms with Crippen LogP contribution in [0.1, 0.15) is 13.8 Å². The van der Waals surface area contributed by atoms with Crippen LogP contribution in [0.15, 0.2) is 12.0 Å². The first kappa shape index (κ1) is 10.9. The monoisotopic (exact) mass is 134 g/mol. The minimum atomic E-state index is 0.250. The van der Waals surface area contributed by atoms with Gasteiger partial charge < -0.3 is 5.11 Å². The van der Waals surface area contributed by atoms with E-state index in [9.17, 15) is 0 Å². The van der Waals surface area contributed by atoms with E-state index in [-0.39, 0.29) is 6.61 Å². The minimum absolute atomic E-state index is 0.250. The number of hydrogen-bond acceptors (Lipinski definition) is 2. The van der Waals surface area contributed by atoms with Gasteiger partial charge in [0, 0.05) is 6.61 Å². The van der Waals surface area contributed by atoms with Crippen molar-refractivity contribution in [1.29, 1.82) is 0 Å². The molecule has 0 aliphatic carbocycles. The van der Waals surface area contributed by atoms with Gasteiger partial charge in [-0.3, -0.25) is 0 Å². The van der Waals surface area contributed by atoms with Crippen LogP contribution in [0.3, 0.4) is 0 Å². The van der Waals surface area contributed by atoms with E-state index in [4.69, 9.17) is 5.11 Å². The maximum absolute atomic E-state index is 7.57. The highest BCUT2D eigenvalue weighted by Gasteiger charge is 1.60. The van der Waals surface area contributed by atoms with E-state index in [2.05, 4.69) is 13.5 Å². The van der Waals surface area contributed by atoms with E-state index in [1.54, 1.807) is 18.7 Å². The molecule has 0 aromatic heterocycles. The predicted octanol–water partition coefficient (Wildman–Crippen LogP) is 1.88. The Morgan fingerprint density at radius 2 is 2.00 bits per heavy atom. The number of thioether (sulfide) groups is 1. The molecule has 0 saturated carbocycles. The summed E-state index contributed by atoms with van der Waals surface area (Å²) in [4.78, 5) is 0. The van der Waals surface area contributed by atoms with Crippen molar-refractivity contribution < 1.29 is 5.11 Å². The van der Waals surface area contributed by atoms with Gasteiger partial charge in [0.15, 0.2) is 0 Å². The lowest BCUT2D eigenvalue weighted by Crippen LogP contribution is -1.57. The highest BCUT2D eigenvalue weighted by atomic mass is 32.2. The molecule has 0 aliphatic rings. The molecule has 0 saturated heterocycles. The molecule has 0 aromatic carbocycles. The van der Waals surface area contributed by atoms with E-state index in [1.807, 2.05) is 5.41 Å². The molecule has 1 nitrogen and oxygen atoms in total. The first-order chi connectivity index (χ1) is 3.83. The Kier molecular flexibility index (Phi) is 21.5. The van der Waals surface area contributed by atoms with Gasteiger partial charge in [0.1, 0.15) is 0 Å². The summed E-state index contributed by atoms with van der Waals surface area (Å²) in [5.74, 6) is 1.14. The lowest BCUT2D eigenvalue weighted by molar-refractivity contribution is 0.318. The minimum Gasteiger partial charge on any atom is -0.397 e. The van der Waals surface area contributed by atoms with E-state index in [0.29, 0.717) is 0 Å². The van der Waals surface area contributed by atoms with Gasteiger partial charge in [0.2, 0.25) is 0 Å². The van der Waals surface area contributed by atoms with Crippen molar-refractivity contribution in [2.24, 2.45) is 0 Å². The first-order valence-corrected chi connectivity index (χ1v) is 3.71. The maximum atomic E-state index is 7.57. The average Bonchev–Trinajstić information content (AvgIpc) is 1.71. The normalized spacial score (nSPS) is 6.88. The third-order valence-electron chi connectivity index (χ3n) is 0.285. The lowest BCUT2D eigenvalue weighted by atomic mass is 10.9. The van der Waals surface area contributed by atoms with E-state index in [0.717, 1.165) is 5.75 Å². The third-order valence-corrected chi connectivity index (χ3v) is 0.854. The Balaban J connectivity index is 0. The summed E-state index contributed by atoms with van der Waals surface area (Å²) < 4.78 is 0. The van der Waals surface area contributed by atoms with Crippen LogP contribution in [0.25, 0.3) is 0 Å². The number of aliphatic hydroxyl groups excluding tert-OH is 1. The van der Waals surface area contributed by atoms with Gasteiger partial charge >= 0.3 is 0 Å². The quantitative estimate of drug-likeness (QED) is 0.622. The fourth-order valence-corrected chi connectivity index (χ4v) is 0.354. The number of rotatable bonds is 2. The SMILES string of the molecule is C=CSCC.CCO. The smallest absolute Gasteiger partial charge is 0.0402 e. The second-order valence-electron chi connectivity index (χ2n) is 0.938. The van der Waals surface area contributed by atoms with Crippen LogP contribution in [0.2, 0.25) is 0 Å². The van der Waals surface area contributed by atoms with Gasteiger partial charge in [-0.05, 0) is 18.1 Å². The molecule has 50 valence electrons. The van der Waals surface area contributed by atoms with Crippen LogP contribution in [0.5, 0.6) is 0 Å². The Bertz CT molecular complexity index is 37.5. The summed E-state index contributed by atoms with van der Waals surface area (Å²) in [5.41, 5.74) is 0. The molecule has 0 rings (SSSR count). The molecule has 0 aliphatic heterocycles. The average molecular weight is 134 g/mol. The van der Waals surface area contributed by atoms with Crippen molar-refractivity contribution in [3.8, 4) is 0 Å². The molecule has 0 spiro atoms. The number of hydrogen-bond donors (Lipinski definition) is 1. The molecule has 0 atom stereocenters. The molecular formula is C6H14OS. The fraction of sp³-hybridized carbons (Fsp3) is 0.667. The zero-order chi connectivity index (χ0) is 6.83. The van der Waals surface area contributed by atoms with Crippen LogP contribution >= 0.6 is 11.8 Å². The molecule has 2 heteroatoms. The Labute approximate surface area is 55.8 Å². The standard InChI is InChI=1S/C4H8S.C2H6O/c1-3-5-4-2;1-2-3/h3H,1,4H2,2H3;3H,2H2,1H3. The summed E-state index contributed by atoms with van der Waals surface area (Å²) >= 11 is 1.73. The van der Waals surface area contributed by atoms with Crippen molar-refractivity contribution in [2.45, 2.75) is 13.8 Å². The molecule has 0 fully saturated rings. The summed E-state index contributed by atoms with van der Waals surface area (Å²) in [6, 6.07) is 0. The van der Waals surface area contributed by atoms with Gasteiger partial charge in [-0.1, -0.05) is 13.5 Å². The van der Waals surface area contributed by atoms with Crippen molar-refractivity contribution in [3.05, 3.63) is 12.0 Å². The zero-order valence-electron chi connectivity index (χ0n) is 5.55. The van der Waals surface area contributed by atoms with Gasteiger partial charge in [-0.15, -0.1) is 11.8 Å². The van der Waals surface area contributed by atoms with Crippen LogP contribution < -0.4 is 0 Å². The summed E-state index contributed by atoms with van der Waals surface area (Å²) in [6.07, 6.45) is 0. The Hall–Kier alpha value is 0.0500. The van der Waals surface area contributed by atoms with Gasteiger partial charge in [-0.25, -0.2) is 0 Å². The van der Waals surface area contributed by atoms with Crippen LogP contribution in [-0.2, 0) is 0 Å². The van der Waals surface area contributed by atoms with E-state index < -0.39 is 0 Å². The van der Waals surface area contributed by atoms with Crippen molar-refractivity contribution in [2.75, 3.05) is 12.4 Å². The highest BCUT2D eigenvalue weighted by Crippen LogP contribution is 1.94. The van der Waals surface area contributed by atoms with Crippen LogP contribution in [0, 0.1) is 0 Å². The van der Waals surface area contributed by atoms with Crippen molar-refractivity contribution in [1.82, 2.24) is 0 Å². The molecule has 0 amide bonds. The van der Waals surface area contributed by atoms with Crippen molar-refractivity contribution in [3.63, 3.8) is 0 Å². The van der Waals surface area contributed by atoms with Crippen molar-refractivity contribution >= 4 is 11.8 Å². The zero-order valence-corrected chi connectivity index (χ0v) is 6.37. The molecule has 0 heterocycles. The summed E-state index contributed by atoms with van der Waals surface area (Å²) in [6.45, 7) is 7.55. The lowest BCUT2D eigenvalue weighted by Gasteiger charge is -1.73. The molecule has 0 bridgehead atoms. The summed E-state index contributed by atoms with van der Waals surface area (Å²) in [7, 11) is 0. The van der Waals surface area contributed by atoms with Crippen LogP contribution in [0.4, 0.5) is 0 Å². The van der Waals surface area contributed by atoms with E-state index >= 15 is 0 Å². The number of aliphatic hydroxyl groups is 1. The predicted molar refractivity (Wildman–Crippen MR) is 41.1 cm³/mol. The van der Waals surface area contributed by atoms with Gasteiger partial charge in [-0.2, -0.15) is 0 Å². The van der Waals surface area contributed by atoms with E-state index in [1.165, 1.54) is 0 Å². The van der Waals surface area contributed by atoms with Crippen LogP contribution in [-0.4, -0.2) is 17.5 Å². The van der Waals surface area contributed by atoms with Gasteiger partial charge in [0.25, 0.3) is 0 Å². The highest BCUT2D eigenvalue weighted by molar-refractivity contribution is 8.02. The molecule has 0 radical (unpaired) electrons. The molecule has 1 N–H and O–H groups in total. The molecule has 0 aromatic rings. The second kappa shape index (κ2) is 15.7. The first-order valence-electron chi connectivity index (χ1n) is 2.66. The van der Waals surface area contributed by atoms with Gasteiger partial charge in [0.05, 0.1) is 0 Å². The topological polar surface area (TPSA) is 20.2 Å². The molecular weight excluding hydrogens is 120 g/mol.